The normalized spacial score (nSPS) is 25.8. The maximum absolute atomic E-state index is 6.19. The minimum Gasteiger partial charge on any atom is -0.411 e. The maximum Gasteiger partial charge on any atom is 0.210 e. The molecule has 0 aliphatic heterocycles. The molecule has 0 heterocycles. The molecule has 0 aromatic carbocycles. The SMILES string of the molecule is C=C[Si](C)(C)OC1CCC(O[Si](C)(C)C=C)CC1. The molecular weight excluding hydrogens is 256 g/mol. The van der Waals surface area contributed by atoms with Gasteiger partial charge in [0, 0.05) is 12.2 Å². The van der Waals surface area contributed by atoms with Crippen LogP contribution in [0, 0.1) is 0 Å². The van der Waals surface area contributed by atoms with Crippen LogP contribution in [0.1, 0.15) is 25.7 Å². The van der Waals surface area contributed by atoms with Crippen molar-refractivity contribution < 1.29 is 8.85 Å². The van der Waals surface area contributed by atoms with Crippen molar-refractivity contribution in [3.05, 3.63) is 24.6 Å². The summed E-state index contributed by atoms with van der Waals surface area (Å²) in [4.78, 5) is 0. The average molecular weight is 285 g/mol. The third-order valence-corrected chi connectivity index (χ3v) is 7.39. The molecular formula is C14H28O2Si2. The molecule has 0 aromatic rings. The van der Waals surface area contributed by atoms with Crippen molar-refractivity contribution >= 4 is 16.6 Å². The lowest BCUT2D eigenvalue weighted by Gasteiger charge is -2.35. The van der Waals surface area contributed by atoms with Crippen LogP contribution in [-0.4, -0.2) is 28.8 Å². The highest BCUT2D eigenvalue weighted by Crippen LogP contribution is 2.28. The van der Waals surface area contributed by atoms with Gasteiger partial charge in [-0.25, -0.2) is 0 Å². The molecule has 104 valence electrons. The topological polar surface area (TPSA) is 18.5 Å². The Morgan fingerprint density at radius 2 is 1.06 bits per heavy atom. The van der Waals surface area contributed by atoms with Crippen LogP contribution in [0.15, 0.2) is 24.6 Å². The van der Waals surface area contributed by atoms with E-state index in [-0.39, 0.29) is 0 Å². The second-order valence-corrected chi connectivity index (χ2v) is 14.0. The van der Waals surface area contributed by atoms with Gasteiger partial charge in [-0.3, -0.25) is 0 Å². The maximum atomic E-state index is 6.19. The fraction of sp³-hybridized carbons (Fsp3) is 0.714. The first-order valence-electron chi connectivity index (χ1n) is 6.91. The summed E-state index contributed by atoms with van der Waals surface area (Å²) in [5.41, 5.74) is 4.03. The summed E-state index contributed by atoms with van der Waals surface area (Å²) in [7, 11) is -3.25. The lowest BCUT2D eigenvalue weighted by molar-refractivity contribution is 0.0745. The van der Waals surface area contributed by atoms with Crippen LogP contribution in [0.25, 0.3) is 0 Å². The Hall–Kier alpha value is -0.166. The summed E-state index contributed by atoms with van der Waals surface area (Å²) < 4.78 is 12.4. The van der Waals surface area contributed by atoms with Crippen LogP contribution in [-0.2, 0) is 8.85 Å². The van der Waals surface area contributed by atoms with Gasteiger partial charge < -0.3 is 8.85 Å². The van der Waals surface area contributed by atoms with Gasteiger partial charge in [0.1, 0.15) is 0 Å². The average Bonchev–Trinajstić information content (AvgIpc) is 2.31. The fourth-order valence-corrected chi connectivity index (χ4v) is 4.61. The zero-order chi connectivity index (χ0) is 13.8. The minimum atomic E-state index is -1.62. The Bertz CT molecular complexity index is 262. The Labute approximate surface area is 114 Å². The van der Waals surface area contributed by atoms with Gasteiger partial charge in [0.25, 0.3) is 0 Å². The molecule has 0 atom stereocenters. The summed E-state index contributed by atoms with van der Waals surface area (Å²) in [6.07, 6.45) is 5.32. The smallest absolute Gasteiger partial charge is 0.210 e. The summed E-state index contributed by atoms with van der Waals surface area (Å²) in [6.45, 7) is 16.6. The van der Waals surface area contributed by atoms with E-state index in [1.54, 1.807) is 0 Å². The summed E-state index contributed by atoms with van der Waals surface area (Å²) in [5.74, 6) is 0. The lowest BCUT2D eigenvalue weighted by Crippen LogP contribution is -2.40. The van der Waals surface area contributed by atoms with Crippen molar-refractivity contribution in [3.63, 3.8) is 0 Å². The van der Waals surface area contributed by atoms with Gasteiger partial charge in [0.05, 0.1) is 0 Å². The Morgan fingerprint density at radius 1 is 0.778 bits per heavy atom. The van der Waals surface area contributed by atoms with Crippen molar-refractivity contribution in [3.8, 4) is 0 Å². The van der Waals surface area contributed by atoms with Crippen LogP contribution in [0.2, 0.25) is 26.2 Å². The molecule has 0 aromatic heterocycles. The molecule has 4 heteroatoms. The Morgan fingerprint density at radius 3 is 1.28 bits per heavy atom. The van der Waals surface area contributed by atoms with Gasteiger partial charge in [-0.05, 0) is 51.9 Å². The summed E-state index contributed by atoms with van der Waals surface area (Å²) in [5, 5.41) is 0. The molecule has 2 nitrogen and oxygen atoms in total. The fourth-order valence-electron chi connectivity index (χ4n) is 2.22. The molecule has 18 heavy (non-hydrogen) atoms. The van der Waals surface area contributed by atoms with Crippen LogP contribution >= 0.6 is 0 Å². The van der Waals surface area contributed by atoms with E-state index < -0.39 is 16.6 Å². The second-order valence-electron chi connectivity index (χ2n) is 6.25. The summed E-state index contributed by atoms with van der Waals surface area (Å²) in [6, 6.07) is 0. The van der Waals surface area contributed by atoms with E-state index in [2.05, 4.69) is 39.3 Å². The predicted molar refractivity (Wildman–Crippen MR) is 83.6 cm³/mol. The highest BCUT2D eigenvalue weighted by Gasteiger charge is 2.30. The number of hydrogen-bond donors (Lipinski definition) is 0. The number of rotatable bonds is 6. The highest BCUT2D eigenvalue weighted by atomic mass is 28.4. The van der Waals surface area contributed by atoms with Gasteiger partial charge in [-0.2, -0.15) is 0 Å². The molecule has 1 saturated carbocycles. The quantitative estimate of drug-likeness (QED) is 0.681. The van der Waals surface area contributed by atoms with Crippen molar-refractivity contribution in [1.82, 2.24) is 0 Å². The zero-order valence-electron chi connectivity index (χ0n) is 12.4. The monoisotopic (exact) mass is 284 g/mol. The molecule has 1 rings (SSSR count). The standard InChI is InChI=1S/C14H28O2Si2/c1-7-17(3,4)15-13-9-11-14(12-10-13)16-18(5,6)8-2/h7-8,13-14H,1-2,9-12H2,3-6H3. The van der Waals surface area contributed by atoms with Crippen molar-refractivity contribution in [2.45, 2.75) is 64.1 Å². The van der Waals surface area contributed by atoms with Crippen LogP contribution in [0.3, 0.4) is 0 Å². The molecule has 1 aliphatic rings. The lowest BCUT2D eigenvalue weighted by atomic mass is 9.95. The van der Waals surface area contributed by atoms with Gasteiger partial charge in [-0.1, -0.05) is 11.4 Å². The molecule has 1 aliphatic carbocycles. The van der Waals surface area contributed by atoms with Crippen molar-refractivity contribution in [1.29, 1.82) is 0 Å². The molecule has 0 unspecified atom stereocenters. The molecule has 0 saturated heterocycles. The third kappa shape index (κ3) is 5.22. The first kappa shape index (κ1) is 15.9. The minimum absolute atomic E-state index is 0.415. The van der Waals surface area contributed by atoms with Gasteiger partial charge >= 0.3 is 0 Å². The van der Waals surface area contributed by atoms with Crippen LogP contribution in [0.5, 0.6) is 0 Å². The van der Waals surface area contributed by atoms with E-state index >= 15 is 0 Å². The van der Waals surface area contributed by atoms with E-state index in [0.717, 1.165) is 25.7 Å². The second kappa shape index (κ2) is 6.32. The predicted octanol–water partition coefficient (Wildman–Crippen LogP) is 4.19. The van der Waals surface area contributed by atoms with Gasteiger partial charge in [0.2, 0.25) is 16.6 Å². The first-order valence-corrected chi connectivity index (χ1v) is 12.9. The van der Waals surface area contributed by atoms with E-state index in [0.29, 0.717) is 12.2 Å². The molecule has 0 spiro atoms. The molecule has 0 amide bonds. The zero-order valence-corrected chi connectivity index (χ0v) is 14.4. The molecule has 0 N–H and O–H groups in total. The van der Waals surface area contributed by atoms with E-state index in [1.165, 1.54) is 0 Å². The Balaban J connectivity index is 2.37. The van der Waals surface area contributed by atoms with Crippen LogP contribution in [0.4, 0.5) is 0 Å². The van der Waals surface area contributed by atoms with E-state index in [4.69, 9.17) is 8.85 Å². The largest absolute Gasteiger partial charge is 0.411 e. The molecule has 1 fully saturated rings. The van der Waals surface area contributed by atoms with Crippen LogP contribution < -0.4 is 0 Å². The van der Waals surface area contributed by atoms with Gasteiger partial charge in [-0.15, -0.1) is 13.2 Å². The van der Waals surface area contributed by atoms with Gasteiger partial charge in [0.15, 0.2) is 0 Å². The third-order valence-electron chi connectivity index (χ3n) is 3.55. The Kier molecular flexibility index (Phi) is 5.58. The first-order chi connectivity index (χ1) is 8.28. The highest BCUT2D eigenvalue weighted by molar-refractivity contribution is 6.76. The van der Waals surface area contributed by atoms with Crippen molar-refractivity contribution in [2.24, 2.45) is 0 Å². The van der Waals surface area contributed by atoms with E-state index in [9.17, 15) is 0 Å². The van der Waals surface area contributed by atoms with Crippen molar-refractivity contribution in [2.75, 3.05) is 0 Å². The molecule has 0 bridgehead atoms. The summed E-state index contributed by atoms with van der Waals surface area (Å²) >= 11 is 0. The molecule has 0 radical (unpaired) electrons. The van der Waals surface area contributed by atoms with E-state index in [1.807, 2.05) is 11.4 Å². The number of hydrogen-bond acceptors (Lipinski definition) is 2.